The largest absolute Gasteiger partial charge is 0.444 e. The van der Waals surface area contributed by atoms with Gasteiger partial charge >= 0.3 is 6.09 Å². The molecule has 16 heavy (non-hydrogen) atoms. The summed E-state index contributed by atoms with van der Waals surface area (Å²) in [5.41, 5.74) is 4.26. The molecule has 0 unspecified atom stereocenters. The molecule has 4 nitrogen and oxygen atoms in total. The van der Waals surface area contributed by atoms with Gasteiger partial charge in [-0.2, -0.15) is 8.78 Å². The van der Waals surface area contributed by atoms with E-state index in [0.717, 1.165) is 6.08 Å². The molecule has 0 heterocycles. The predicted octanol–water partition coefficient (Wildman–Crippen LogP) is 2.42. The van der Waals surface area contributed by atoms with Crippen LogP contribution in [0.3, 0.4) is 0 Å². The lowest BCUT2D eigenvalue weighted by atomic mass is 10.2. The van der Waals surface area contributed by atoms with E-state index in [4.69, 9.17) is 10.8 Å². The first-order valence-corrected chi connectivity index (χ1v) is 4.79. The Balaban J connectivity index is 0. The lowest BCUT2D eigenvalue weighted by molar-refractivity contribution is 0.0600. The molecule has 0 aliphatic carbocycles. The molecule has 0 fully saturated rings. The van der Waals surface area contributed by atoms with E-state index >= 15 is 0 Å². The average Bonchev–Trinajstić information content (AvgIpc) is 2.00. The minimum absolute atomic E-state index is 0.0240. The van der Waals surface area contributed by atoms with E-state index in [1.54, 1.807) is 20.8 Å². The number of unbranched alkanes of at least 4 members (excludes halogenated alkanes) is 1. The highest BCUT2D eigenvalue weighted by Gasteiger charge is 2.12. The van der Waals surface area contributed by atoms with E-state index < -0.39 is 17.8 Å². The average molecular weight is 239 g/mol. The van der Waals surface area contributed by atoms with Crippen LogP contribution in [0.2, 0.25) is 0 Å². The molecule has 0 spiro atoms. The fourth-order valence-electron chi connectivity index (χ4n) is 0.604. The first-order chi connectivity index (χ1) is 7.19. The van der Waals surface area contributed by atoms with E-state index in [1.165, 1.54) is 0 Å². The summed E-state index contributed by atoms with van der Waals surface area (Å²) in [6.07, 6.45) is -0.914. The Morgan fingerprint density at radius 2 is 1.94 bits per heavy atom. The molecule has 0 aromatic rings. The van der Waals surface area contributed by atoms with E-state index in [0.29, 0.717) is 6.42 Å². The van der Waals surface area contributed by atoms with Crippen molar-refractivity contribution in [1.82, 2.24) is 0 Å². The maximum Gasteiger partial charge on any atom is 0.405 e. The molecule has 0 radical (unpaired) electrons. The van der Waals surface area contributed by atoms with E-state index in [9.17, 15) is 13.6 Å². The third kappa shape index (κ3) is 23.0. The summed E-state index contributed by atoms with van der Waals surface area (Å²) < 4.78 is 26.9. The van der Waals surface area contributed by atoms with Crippen LogP contribution >= 0.6 is 0 Å². The Bertz CT molecular complexity index is 221. The van der Waals surface area contributed by atoms with Crippen LogP contribution in [0, 0.1) is 0 Å². The van der Waals surface area contributed by atoms with Crippen LogP contribution in [0.15, 0.2) is 12.2 Å². The number of carbonyl (C=O) groups excluding carboxylic acids is 1. The zero-order valence-electron chi connectivity index (χ0n) is 9.80. The fourth-order valence-corrected chi connectivity index (χ4v) is 0.604. The predicted molar refractivity (Wildman–Crippen MR) is 57.0 cm³/mol. The number of aliphatic hydroxyl groups is 1. The Morgan fingerprint density at radius 1 is 1.44 bits per heavy atom. The highest BCUT2D eigenvalue weighted by Crippen LogP contribution is 2.04. The van der Waals surface area contributed by atoms with Crippen molar-refractivity contribution in [2.75, 3.05) is 6.61 Å². The molecule has 6 heteroatoms. The molecule has 0 saturated heterocycles. The number of hydrogen-bond donors (Lipinski definition) is 2. The Hall–Kier alpha value is -1.17. The highest BCUT2D eigenvalue weighted by molar-refractivity contribution is 5.65. The summed E-state index contributed by atoms with van der Waals surface area (Å²) in [6, 6.07) is 0. The lowest BCUT2D eigenvalue weighted by Crippen LogP contribution is -2.27. The Kier molecular flexibility index (Phi) is 9.78. The van der Waals surface area contributed by atoms with E-state index in [1.807, 2.05) is 0 Å². The van der Waals surface area contributed by atoms with Crippen molar-refractivity contribution in [2.24, 2.45) is 5.73 Å². The van der Waals surface area contributed by atoms with Crippen LogP contribution in [0.5, 0.6) is 0 Å². The summed E-state index contributed by atoms with van der Waals surface area (Å²) in [7, 11) is 0. The van der Waals surface area contributed by atoms with Crippen molar-refractivity contribution in [3.63, 3.8) is 0 Å². The summed E-state index contributed by atoms with van der Waals surface area (Å²) in [4.78, 5) is 10.0. The van der Waals surface area contributed by atoms with Crippen molar-refractivity contribution in [1.29, 1.82) is 0 Å². The number of aliphatic hydroxyl groups excluding tert-OH is 1. The second-order valence-corrected chi connectivity index (χ2v) is 3.89. The molecule has 0 bridgehead atoms. The van der Waals surface area contributed by atoms with Gasteiger partial charge in [0.2, 0.25) is 0 Å². The van der Waals surface area contributed by atoms with Crippen molar-refractivity contribution < 1.29 is 23.4 Å². The maximum absolute atomic E-state index is 11.1. The van der Waals surface area contributed by atoms with Crippen LogP contribution in [0.25, 0.3) is 0 Å². The normalized spacial score (nSPS) is 9.88. The number of nitrogens with two attached hydrogens (primary N) is 1. The van der Waals surface area contributed by atoms with Gasteiger partial charge in [-0.15, -0.1) is 0 Å². The van der Waals surface area contributed by atoms with Gasteiger partial charge in [-0.25, -0.2) is 4.79 Å². The number of halogens is 2. The first kappa shape index (κ1) is 17.2. The van der Waals surface area contributed by atoms with Crippen LogP contribution in [-0.4, -0.2) is 23.4 Å². The van der Waals surface area contributed by atoms with Gasteiger partial charge in [0.1, 0.15) is 5.60 Å². The molecule has 0 saturated carbocycles. The SMILES string of the molecule is CC(C)(C)OC(N)=O.OCCCC=C(F)F. The van der Waals surface area contributed by atoms with Gasteiger partial charge in [-0.1, -0.05) is 0 Å². The number of ether oxygens (including phenoxy) is 1. The van der Waals surface area contributed by atoms with Crippen molar-refractivity contribution in [3.05, 3.63) is 12.2 Å². The maximum atomic E-state index is 11.1. The number of carbonyl (C=O) groups is 1. The number of hydrogen-bond acceptors (Lipinski definition) is 3. The molecule has 0 aromatic heterocycles. The Labute approximate surface area is 94.1 Å². The van der Waals surface area contributed by atoms with Gasteiger partial charge in [0.15, 0.2) is 0 Å². The van der Waals surface area contributed by atoms with Crippen LogP contribution in [0.1, 0.15) is 33.6 Å². The number of amides is 1. The first-order valence-electron chi connectivity index (χ1n) is 4.79. The molecule has 0 rings (SSSR count). The Morgan fingerprint density at radius 3 is 2.12 bits per heavy atom. The highest BCUT2D eigenvalue weighted by atomic mass is 19.3. The topological polar surface area (TPSA) is 72.5 Å². The second-order valence-electron chi connectivity index (χ2n) is 3.89. The van der Waals surface area contributed by atoms with Crippen LogP contribution in [0.4, 0.5) is 13.6 Å². The van der Waals surface area contributed by atoms with Gasteiger partial charge in [0, 0.05) is 6.61 Å². The van der Waals surface area contributed by atoms with Crippen molar-refractivity contribution in [3.8, 4) is 0 Å². The minimum Gasteiger partial charge on any atom is -0.444 e. The van der Waals surface area contributed by atoms with E-state index in [2.05, 4.69) is 4.74 Å². The number of primary amides is 1. The molecule has 0 aliphatic rings. The molecule has 0 atom stereocenters. The molecular weight excluding hydrogens is 220 g/mol. The monoisotopic (exact) mass is 239 g/mol. The zero-order chi connectivity index (χ0) is 13.2. The summed E-state index contributed by atoms with van der Waals surface area (Å²) in [5, 5.41) is 8.10. The minimum atomic E-state index is -1.67. The van der Waals surface area contributed by atoms with Gasteiger partial charge in [-0.05, 0) is 39.7 Å². The molecule has 1 amide bonds. The molecule has 0 aromatic carbocycles. The van der Waals surface area contributed by atoms with Gasteiger partial charge < -0.3 is 15.6 Å². The third-order valence-electron chi connectivity index (χ3n) is 1.07. The van der Waals surface area contributed by atoms with Crippen LogP contribution < -0.4 is 5.73 Å². The molecular formula is C10H19F2NO3. The number of rotatable bonds is 3. The van der Waals surface area contributed by atoms with Crippen molar-refractivity contribution in [2.45, 2.75) is 39.2 Å². The van der Waals surface area contributed by atoms with E-state index in [-0.39, 0.29) is 13.0 Å². The van der Waals surface area contributed by atoms with Crippen molar-refractivity contribution >= 4 is 6.09 Å². The second kappa shape index (κ2) is 9.08. The molecule has 96 valence electrons. The van der Waals surface area contributed by atoms with Gasteiger partial charge in [-0.3, -0.25) is 0 Å². The molecule has 0 aliphatic heterocycles. The zero-order valence-corrected chi connectivity index (χ0v) is 9.80. The van der Waals surface area contributed by atoms with Gasteiger partial charge in [0.05, 0.1) is 0 Å². The third-order valence-corrected chi connectivity index (χ3v) is 1.07. The molecule has 3 N–H and O–H groups in total. The summed E-state index contributed by atoms with van der Waals surface area (Å²) in [6.45, 7) is 5.26. The van der Waals surface area contributed by atoms with Gasteiger partial charge in [0.25, 0.3) is 6.08 Å². The fraction of sp³-hybridized carbons (Fsp3) is 0.700. The number of allylic oxidation sites excluding steroid dienone is 1. The quantitative estimate of drug-likeness (QED) is 0.743. The van der Waals surface area contributed by atoms with Crippen LogP contribution in [-0.2, 0) is 4.74 Å². The smallest absolute Gasteiger partial charge is 0.405 e. The summed E-state index contributed by atoms with van der Waals surface area (Å²) >= 11 is 0. The summed E-state index contributed by atoms with van der Waals surface area (Å²) in [5.74, 6) is 0. The standard InChI is InChI=1S/C5H8F2O.C5H11NO2/c6-5(7)3-1-2-4-8;1-5(2,3)8-4(6)7/h3,8H,1-2,4H2;1-3H3,(H2,6,7). The lowest BCUT2D eigenvalue weighted by Gasteiger charge is -2.16.